The molecule has 0 aliphatic carbocycles. The minimum Gasteiger partial charge on any atom is -0.465 e. The van der Waals surface area contributed by atoms with Gasteiger partial charge in [-0.25, -0.2) is 0 Å². The Balaban J connectivity index is 2.29. The Kier molecular flexibility index (Phi) is 4.10. The van der Waals surface area contributed by atoms with E-state index in [1.807, 2.05) is 6.92 Å². The van der Waals surface area contributed by atoms with Crippen LogP contribution in [0.3, 0.4) is 0 Å². The molecule has 2 nitrogen and oxygen atoms in total. The number of esters is 1. The second-order valence-electron chi connectivity index (χ2n) is 3.67. The molecule has 0 spiro atoms. The normalized spacial score (nSPS) is 27.5. The van der Waals surface area contributed by atoms with Gasteiger partial charge in [0.15, 0.2) is 0 Å². The van der Waals surface area contributed by atoms with E-state index in [0.29, 0.717) is 6.61 Å². The number of hydrogen-bond acceptors (Lipinski definition) is 3. The Morgan fingerprint density at radius 3 is 2.92 bits per heavy atom. The van der Waals surface area contributed by atoms with Gasteiger partial charge in [0.25, 0.3) is 0 Å². The quantitative estimate of drug-likeness (QED) is 0.518. The SMILES string of the molecule is CCCCOC(=O)C1(C)CCCS1. The van der Waals surface area contributed by atoms with Crippen molar-refractivity contribution in [2.45, 2.75) is 44.3 Å². The van der Waals surface area contributed by atoms with Crippen molar-refractivity contribution in [1.29, 1.82) is 0 Å². The Labute approximate surface area is 84.4 Å². The molecule has 1 aliphatic rings. The van der Waals surface area contributed by atoms with Gasteiger partial charge in [-0.3, -0.25) is 4.79 Å². The molecule has 0 N–H and O–H groups in total. The minimum absolute atomic E-state index is 0.0107. The van der Waals surface area contributed by atoms with Crippen LogP contribution in [-0.2, 0) is 9.53 Å². The van der Waals surface area contributed by atoms with Crippen LogP contribution in [0.25, 0.3) is 0 Å². The van der Waals surface area contributed by atoms with E-state index in [1.165, 1.54) is 0 Å². The Bertz CT molecular complexity index is 174. The first-order valence-corrected chi connectivity index (χ1v) is 5.99. The van der Waals surface area contributed by atoms with Gasteiger partial charge in [0, 0.05) is 0 Å². The lowest BCUT2D eigenvalue weighted by molar-refractivity contribution is -0.146. The molecular formula is C10H18O2S. The van der Waals surface area contributed by atoms with Gasteiger partial charge in [0.1, 0.15) is 4.75 Å². The number of hydrogen-bond donors (Lipinski definition) is 0. The van der Waals surface area contributed by atoms with Crippen molar-refractivity contribution in [3.63, 3.8) is 0 Å². The van der Waals surface area contributed by atoms with Crippen LogP contribution in [0, 0.1) is 0 Å². The van der Waals surface area contributed by atoms with Crippen molar-refractivity contribution in [2.75, 3.05) is 12.4 Å². The molecule has 0 amide bonds. The molecule has 0 aromatic heterocycles. The topological polar surface area (TPSA) is 26.3 Å². The van der Waals surface area contributed by atoms with E-state index in [9.17, 15) is 4.79 Å². The third-order valence-corrected chi connectivity index (χ3v) is 3.88. The number of rotatable bonds is 4. The van der Waals surface area contributed by atoms with Crippen LogP contribution >= 0.6 is 11.8 Å². The Morgan fingerprint density at radius 2 is 2.38 bits per heavy atom. The minimum atomic E-state index is -0.242. The first kappa shape index (κ1) is 10.9. The van der Waals surface area contributed by atoms with Crippen molar-refractivity contribution in [2.24, 2.45) is 0 Å². The lowest BCUT2D eigenvalue weighted by Gasteiger charge is -2.20. The number of ether oxygens (including phenoxy) is 1. The molecule has 13 heavy (non-hydrogen) atoms. The summed E-state index contributed by atoms with van der Waals surface area (Å²) in [5.41, 5.74) is 0. The summed E-state index contributed by atoms with van der Waals surface area (Å²) < 4.78 is 4.97. The maximum Gasteiger partial charge on any atom is 0.321 e. The van der Waals surface area contributed by atoms with Gasteiger partial charge in [-0.1, -0.05) is 13.3 Å². The van der Waals surface area contributed by atoms with Crippen LogP contribution < -0.4 is 0 Å². The van der Waals surface area contributed by atoms with E-state index in [-0.39, 0.29) is 10.7 Å². The maximum atomic E-state index is 11.6. The molecule has 1 heterocycles. The summed E-state index contributed by atoms with van der Waals surface area (Å²) in [6.07, 6.45) is 4.18. The maximum absolute atomic E-state index is 11.6. The summed E-state index contributed by atoms with van der Waals surface area (Å²) in [6.45, 7) is 4.68. The first-order valence-electron chi connectivity index (χ1n) is 5.00. The zero-order valence-corrected chi connectivity index (χ0v) is 9.28. The summed E-state index contributed by atoms with van der Waals surface area (Å²) >= 11 is 1.74. The summed E-state index contributed by atoms with van der Waals surface area (Å²) in [5.74, 6) is 1.09. The summed E-state index contributed by atoms with van der Waals surface area (Å²) in [6, 6.07) is 0. The fourth-order valence-corrected chi connectivity index (χ4v) is 2.61. The molecule has 0 aromatic rings. The molecular weight excluding hydrogens is 184 g/mol. The molecule has 3 heteroatoms. The molecule has 0 radical (unpaired) electrons. The summed E-state index contributed by atoms with van der Waals surface area (Å²) in [4.78, 5) is 11.6. The molecule has 1 aliphatic heterocycles. The summed E-state index contributed by atoms with van der Waals surface area (Å²) in [7, 11) is 0. The van der Waals surface area contributed by atoms with Gasteiger partial charge in [0.05, 0.1) is 6.61 Å². The highest BCUT2D eigenvalue weighted by atomic mass is 32.2. The monoisotopic (exact) mass is 202 g/mol. The van der Waals surface area contributed by atoms with E-state index in [0.717, 1.165) is 31.4 Å². The van der Waals surface area contributed by atoms with E-state index >= 15 is 0 Å². The van der Waals surface area contributed by atoms with Gasteiger partial charge in [-0.2, -0.15) is 0 Å². The molecule has 1 saturated heterocycles. The second-order valence-corrected chi connectivity index (χ2v) is 5.27. The Hall–Kier alpha value is -0.180. The molecule has 0 aromatic carbocycles. The van der Waals surface area contributed by atoms with Gasteiger partial charge >= 0.3 is 5.97 Å². The van der Waals surface area contributed by atoms with Crippen molar-refractivity contribution in [3.8, 4) is 0 Å². The van der Waals surface area contributed by atoms with E-state index in [4.69, 9.17) is 4.74 Å². The third-order valence-electron chi connectivity index (χ3n) is 2.38. The lowest BCUT2D eigenvalue weighted by Crippen LogP contribution is -2.31. The molecule has 0 bridgehead atoms. The highest BCUT2D eigenvalue weighted by Crippen LogP contribution is 2.38. The number of carbonyl (C=O) groups is 1. The van der Waals surface area contributed by atoms with Gasteiger partial charge < -0.3 is 4.74 Å². The van der Waals surface area contributed by atoms with Crippen LogP contribution in [0.2, 0.25) is 0 Å². The van der Waals surface area contributed by atoms with E-state index in [1.54, 1.807) is 11.8 Å². The summed E-state index contributed by atoms with van der Waals surface area (Å²) in [5, 5.41) is 0. The number of unbranched alkanes of at least 4 members (excludes halogenated alkanes) is 1. The molecule has 76 valence electrons. The molecule has 1 atom stereocenters. The molecule has 1 rings (SSSR count). The largest absolute Gasteiger partial charge is 0.465 e. The van der Waals surface area contributed by atoms with Gasteiger partial charge in [0.2, 0.25) is 0 Å². The van der Waals surface area contributed by atoms with Crippen molar-refractivity contribution >= 4 is 17.7 Å². The van der Waals surface area contributed by atoms with Crippen LogP contribution in [0.5, 0.6) is 0 Å². The van der Waals surface area contributed by atoms with Crippen LogP contribution in [-0.4, -0.2) is 23.1 Å². The number of thioether (sulfide) groups is 1. The van der Waals surface area contributed by atoms with E-state index < -0.39 is 0 Å². The third kappa shape index (κ3) is 2.90. The lowest BCUT2D eigenvalue weighted by atomic mass is 10.1. The van der Waals surface area contributed by atoms with Gasteiger partial charge in [-0.05, 0) is 31.9 Å². The van der Waals surface area contributed by atoms with Gasteiger partial charge in [-0.15, -0.1) is 11.8 Å². The predicted molar refractivity (Wildman–Crippen MR) is 56.0 cm³/mol. The smallest absolute Gasteiger partial charge is 0.321 e. The van der Waals surface area contributed by atoms with Crippen LogP contribution in [0.1, 0.15) is 39.5 Å². The van der Waals surface area contributed by atoms with Crippen LogP contribution in [0.4, 0.5) is 0 Å². The molecule has 1 unspecified atom stereocenters. The highest BCUT2D eigenvalue weighted by Gasteiger charge is 2.38. The van der Waals surface area contributed by atoms with Crippen molar-refractivity contribution in [3.05, 3.63) is 0 Å². The van der Waals surface area contributed by atoms with E-state index in [2.05, 4.69) is 6.92 Å². The zero-order chi connectivity index (χ0) is 9.73. The van der Waals surface area contributed by atoms with Crippen molar-refractivity contribution in [1.82, 2.24) is 0 Å². The Morgan fingerprint density at radius 1 is 1.62 bits per heavy atom. The fraction of sp³-hybridized carbons (Fsp3) is 0.900. The molecule has 0 saturated carbocycles. The fourth-order valence-electron chi connectivity index (χ4n) is 1.40. The zero-order valence-electron chi connectivity index (χ0n) is 8.47. The van der Waals surface area contributed by atoms with Crippen LogP contribution in [0.15, 0.2) is 0 Å². The average Bonchev–Trinajstić information content (AvgIpc) is 2.54. The predicted octanol–water partition coefficient (Wildman–Crippen LogP) is 2.62. The standard InChI is InChI=1S/C10H18O2S/c1-3-4-7-12-9(11)10(2)6-5-8-13-10/h3-8H2,1-2H3. The molecule has 1 fully saturated rings. The number of carbonyl (C=O) groups excluding carboxylic acids is 1. The second kappa shape index (κ2) is 4.89. The average molecular weight is 202 g/mol. The highest BCUT2D eigenvalue weighted by molar-refractivity contribution is 8.01. The van der Waals surface area contributed by atoms with Crippen molar-refractivity contribution < 1.29 is 9.53 Å². The first-order chi connectivity index (χ1) is 6.19.